The lowest BCUT2D eigenvalue weighted by molar-refractivity contribution is 0.410. The lowest BCUT2D eigenvalue weighted by Crippen LogP contribution is -2.25. The van der Waals surface area contributed by atoms with Gasteiger partial charge in [0.1, 0.15) is 0 Å². The molecule has 2 heterocycles. The second kappa shape index (κ2) is 2.01. The molecule has 0 bridgehead atoms. The summed E-state index contributed by atoms with van der Waals surface area (Å²) in [6, 6.07) is 0.560. The van der Waals surface area contributed by atoms with Crippen LogP contribution in [0.5, 0.6) is 0 Å². The molecule has 1 unspecified atom stereocenters. The van der Waals surface area contributed by atoms with Crippen molar-refractivity contribution in [2.75, 3.05) is 6.54 Å². The molecule has 2 aliphatic rings. The number of nitrogens with zero attached hydrogens (tertiary/aromatic N) is 1. The molecule has 0 amide bonds. The predicted octanol–water partition coefficient (Wildman–Crippen LogP) is 1.70. The second-order valence-electron chi connectivity index (χ2n) is 2.82. The number of hydrogen-bond acceptors (Lipinski definition) is 1. The maximum Gasteiger partial charge on any atom is 0.0685 e. The fourth-order valence-electron chi connectivity index (χ4n) is 1.49. The third-order valence-electron chi connectivity index (χ3n) is 2.13. The summed E-state index contributed by atoms with van der Waals surface area (Å²) in [5.41, 5.74) is 1.47. The van der Waals surface area contributed by atoms with Gasteiger partial charge >= 0.3 is 0 Å². The number of rotatable bonds is 0. The summed E-state index contributed by atoms with van der Waals surface area (Å²) >= 11 is 0. The Hall–Kier alpha value is -0.980. The molecule has 0 aromatic heterocycles. The first kappa shape index (κ1) is 5.78. The molecule has 0 fully saturated rings. The van der Waals surface area contributed by atoms with Crippen molar-refractivity contribution < 1.29 is 0 Å². The van der Waals surface area contributed by atoms with E-state index in [0.29, 0.717) is 6.04 Å². The van der Waals surface area contributed by atoms with Crippen molar-refractivity contribution in [1.82, 2.24) is 4.90 Å². The lowest BCUT2D eigenvalue weighted by atomic mass is 10.1. The van der Waals surface area contributed by atoms with Gasteiger partial charge in [0.05, 0.1) is 6.04 Å². The van der Waals surface area contributed by atoms with Crippen LogP contribution < -0.4 is 0 Å². The van der Waals surface area contributed by atoms with Crippen LogP contribution in [0.3, 0.4) is 0 Å². The standard InChI is InChI=1S/C9H11N/c1-8-5-7-10-6-3-2-4-9(8)10/h2-6,9H,7H2,1H3. The van der Waals surface area contributed by atoms with Crippen LogP contribution >= 0.6 is 0 Å². The number of hydrogen-bond donors (Lipinski definition) is 0. The van der Waals surface area contributed by atoms with E-state index in [1.54, 1.807) is 0 Å². The average Bonchev–Trinajstić information content (AvgIpc) is 2.34. The summed E-state index contributed by atoms with van der Waals surface area (Å²) in [7, 11) is 0. The molecule has 0 aromatic carbocycles. The van der Waals surface area contributed by atoms with E-state index in [4.69, 9.17) is 0 Å². The van der Waals surface area contributed by atoms with Crippen molar-refractivity contribution in [2.45, 2.75) is 13.0 Å². The molecule has 2 aliphatic heterocycles. The minimum absolute atomic E-state index is 0.560. The third kappa shape index (κ3) is 0.703. The summed E-state index contributed by atoms with van der Waals surface area (Å²) in [4.78, 5) is 2.33. The summed E-state index contributed by atoms with van der Waals surface area (Å²) in [5, 5.41) is 0. The number of allylic oxidation sites excluding steroid dienone is 2. The maximum atomic E-state index is 2.33. The Morgan fingerprint density at radius 2 is 2.40 bits per heavy atom. The Balaban J connectivity index is 2.27. The van der Waals surface area contributed by atoms with Crippen molar-refractivity contribution in [1.29, 1.82) is 0 Å². The quantitative estimate of drug-likeness (QED) is 0.455. The molecule has 10 heavy (non-hydrogen) atoms. The smallest absolute Gasteiger partial charge is 0.0685 e. The van der Waals surface area contributed by atoms with Gasteiger partial charge in [-0.3, -0.25) is 0 Å². The van der Waals surface area contributed by atoms with Crippen LogP contribution in [-0.2, 0) is 0 Å². The highest BCUT2D eigenvalue weighted by Gasteiger charge is 2.19. The Morgan fingerprint density at radius 3 is 3.20 bits per heavy atom. The number of fused-ring (bicyclic) bond motifs is 1. The van der Waals surface area contributed by atoms with Crippen molar-refractivity contribution >= 4 is 0 Å². The minimum atomic E-state index is 0.560. The van der Waals surface area contributed by atoms with E-state index in [1.807, 2.05) is 0 Å². The SMILES string of the molecule is CC1=CCN2C=CC=CC12. The molecular formula is C9H11N. The van der Waals surface area contributed by atoms with Crippen molar-refractivity contribution in [2.24, 2.45) is 0 Å². The molecule has 2 rings (SSSR count). The molecule has 52 valence electrons. The molecule has 1 atom stereocenters. The van der Waals surface area contributed by atoms with E-state index in [2.05, 4.69) is 42.3 Å². The zero-order valence-electron chi connectivity index (χ0n) is 6.12. The zero-order valence-corrected chi connectivity index (χ0v) is 6.12. The van der Waals surface area contributed by atoms with E-state index in [0.717, 1.165) is 6.54 Å². The van der Waals surface area contributed by atoms with Gasteiger partial charge in [0.2, 0.25) is 0 Å². The predicted molar refractivity (Wildman–Crippen MR) is 42.5 cm³/mol. The highest BCUT2D eigenvalue weighted by molar-refractivity contribution is 5.29. The molecule has 0 saturated carbocycles. The van der Waals surface area contributed by atoms with Crippen LogP contribution in [0.4, 0.5) is 0 Å². The monoisotopic (exact) mass is 133 g/mol. The van der Waals surface area contributed by atoms with Gasteiger partial charge in [0.15, 0.2) is 0 Å². The van der Waals surface area contributed by atoms with E-state index in [9.17, 15) is 0 Å². The van der Waals surface area contributed by atoms with Gasteiger partial charge in [0, 0.05) is 12.7 Å². The van der Waals surface area contributed by atoms with Crippen LogP contribution in [-0.4, -0.2) is 17.5 Å². The van der Waals surface area contributed by atoms with Gasteiger partial charge in [-0.2, -0.15) is 0 Å². The highest BCUT2D eigenvalue weighted by Crippen LogP contribution is 2.21. The Kier molecular flexibility index (Phi) is 1.16. The summed E-state index contributed by atoms with van der Waals surface area (Å²) < 4.78 is 0. The highest BCUT2D eigenvalue weighted by atomic mass is 15.1. The Labute approximate surface area is 61.3 Å². The van der Waals surface area contributed by atoms with Gasteiger partial charge in [-0.05, 0) is 18.6 Å². The van der Waals surface area contributed by atoms with Crippen LogP contribution in [0.2, 0.25) is 0 Å². The molecular weight excluding hydrogens is 122 g/mol. The Morgan fingerprint density at radius 1 is 1.50 bits per heavy atom. The van der Waals surface area contributed by atoms with Crippen molar-refractivity contribution in [3.8, 4) is 0 Å². The molecule has 0 radical (unpaired) electrons. The van der Waals surface area contributed by atoms with Gasteiger partial charge < -0.3 is 4.90 Å². The van der Waals surface area contributed by atoms with Crippen LogP contribution in [0.25, 0.3) is 0 Å². The summed E-state index contributed by atoms with van der Waals surface area (Å²) in [6.45, 7) is 3.27. The van der Waals surface area contributed by atoms with Gasteiger partial charge in [-0.15, -0.1) is 0 Å². The fourth-order valence-corrected chi connectivity index (χ4v) is 1.49. The van der Waals surface area contributed by atoms with Crippen LogP contribution in [0.15, 0.2) is 36.1 Å². The first-order valence-electron chi connectivity index (χ1n) is 3.65. The topological polar surface area (TPSA) is 3.24 Å². The zero-order chi connectivity index (χ0) is 6.97. The van der Waals surface area contributed by atoms with Crippen molar-refractivity contribution in [3.63, 3.8) is 0 Å². The fraction of sp³-hybridized carbons (Fsp3) is 0.333. The van der Waals surface area contributed by atoms with E-state index in [-0.39, 0.29) is 0 Å². The van der Waals surface area contributed by atoms with E-state index in [1.165, 1.54) is 5.57 Å². The molecule has 0 aromatic rings. The third-order valence-corrected chi connectivity index (χ3v) is 2.13. The summed E-state index contributed by atoms with van der Waals surface area (Å²) in [5.74, 6) is 0. The first-order chi connectivity index (χ1) is 4.88. The van der Waals surface area contributed by atoms with Crippen molar-refractivity contribution in [3.05, 3.63) is 36.1 Å². The van der Waals surface area contributed by atoms with Crippen LogP contribution in [0, 0.1) is 0 Å². The first-order valence-corrected chi connectivity index (χ1v) is 3.65. The molecule has 1 nitrogen and oxygen atoms in total. The maximum absolute atomic E-state index is 2.33. The van der Waals surface area contributed by atoms with Gasteiger partial charge in [-0.25, -0.2) is 0 Å². The summed E-state index contributed by atoms with van der Waals surface area (Å²) in [6.07, 6.45) is 10.9. The van der Waals surface area contributed by atoms with E-state index >= 15 is 0 Å². The largest absolute Gasteiger partial charge is 0.364 e. The lowest BCUT2D eigenvalue weighted by Gasteiger charge is -2.23. The van der Waals surface area contributed by atoms with Gasteiger partial charge in [-0.1, -0.05) is 18.2 Å². The normalized spacial score (nSPS) is 28.7. The molecule has 1 heteroatoms. The van der Waals surface area contributed by atoms with Gasteiger partial charge in [0.25, 0.3) is 0 Å². The molecule has 0 N–H and O–H groups in total. The average molecular weight is 133 g/mol. The molecule has 0 saturated heterocycles. The molecule has 0 aliphatic carbocycles. The second-order valence-corrected chi connectivity index (χ2v) is 2.82. The van der Waals surface area contributed by atoms with E-state index < -0.39 is 0 Å². The Bertz CT molecular complexity index is 223. The van der Waals surface area contributed by atoms with Crippen LogP contribution in [0.1, 0.15) is 6.92 Å². The molecule has 0 spiro atoms. The minimum Gasteiger partial charge on any atom is -0.364 e.